The Labute approximate surface area is 146 Å². The van der Waals surface area contributed by atoms with E-state index in [1.165, 1.54) is 11.3 Å². The van der Waals surface area contributed by atoms with Crippen molar-refractivity contribution < 1.29 is 9.52 Å². The third-order valence-corrected chi connectivity index (χ3v) is 5.04. The minimum absolute atomic E-state index is 0.248. The predicted octanol–water partition coefficient (Wildman–Crippen LogP) is 5.47. The Morgan fingerprint density at radius 2 is 1.80 bits per heavy atom. The van der Waals surface area contributed by atoms with E-state index in [2.05, 4.69) is 16.0 Å². The van der Waals surface area contributed by atoms with Gasteiger partial charge in [-0.3, -0.25) is 0 Å². The minimum Gasteiger partial charge on any atom is -0.508 e. The Bertz CT molecular complexity index is 1270. The van der Waals surface area contributed by atoms with Crippen LogP contribution >= 0.6 is 11.3 Å². The first-order valence-electron chi connectivity index (χ1n) is 7.82. The smallest absolute Gasteiger partial charge is 0.220 e. The Balaban J connectivity index is 1.56. The number of nitrogens with zero attached hydrogens (tertiary/aromatic N) is 2. The van der Waals surface area contributed by atoms with E-state index in [9.17, 15) is 5.11 Å². The molecule has 0 saturated carbocycles. The lowest BCUT2D eigenvalue weighted by atomic mass is 10.1. The molecule has 0 bridgehead atoms. The van der Waals surface area contributed by atoms with E-state index in [4.69, 9.17) is 4.42 Å². The third-order valence-electron chi connectivity index (χ3n) is 4.05. The zero-order valence-corrected chi connectivity index (χ0v) is 13.8. The quantitative estimate of drug-likeness (QED) is 0.461. The van der Waals surface area contributed by atoms with Crippen molar-refractivity contribution in [2.24, 2.45) is 0 Å². The van der Waals surface area contributed by atoms with E-state index >= 15 is 0 Å². The Morgan fingerprint density at radius 1 is 0.920 bits per heavy atom. The Kier molecular flexibility index (Phi) is 3.08. The van der Waals surface area contributed by atoms with E-state index in [1.54, 1.807) is 12.1 Å². The van der Waals surface area contributed by atoms with Gasteiger partial charge in [-0.15, -0.1) is 11.3 Å². The first-order valence-corrected chi connectivity index (χ1v) is 8.64. The van der Waals surface area contributed by atoms with Crippen molar-refractivity contribution in [3.8, 4) is 5.75 Å². The second-order valence-electron chi connectivity index (χ2n) is 5.72. The van der Waals surface area contributed by atoms with Crippen molar-refractivity contribution in [1.29, 1.82) is 0 Å². The molecule has 0 unspecified atom stereocenters. The van der Waals surface area contributed by atoms with Crippen molar-refractivity contribution in [2.45, 2.75) is 0 Å². The van der Waals surface area contributed by atoms with Crippen LogP contribution in [0.2, 0.25) is 0 Å². The molecule has 2 aromatic heterocycles. The van der Waals surface area contributed by atoms with Crippen molar-refractivity contribution in [1.82, 2.24) is 9.97 Å². The molecule has 4 nitrogen and oxygen atoms in total. The fourth-order valence-electron chi connectivity index (χ4n) is 2.89. The highest BCUT2D eigenvalue weighted by molar-refractivity contribution is 7.19. The molecule has 0 aliphatic heterocycles. The Hall–Kier alpha value is -3.18. The number of benzene rings is 3. The van der Waals surface area contributed by atoms with Gasteiger partial charge in [-0.2, -0.15) is 0 Å². The summed E-state index contributed by atoms with van der Waals surface area (Å²) in [4.78, 5) is 9.05. The molecular weight excluding hydrogens is 332 g/mol. The summed E-state index contributed by atoms with van der Waals surface area (Å²) >= 11 is 1.51. The molecule has 5 aromatic rings. The molecule has 0 amide bonds. The Morgan fingerprint density at radius 3 is 2.76 bits per heavy atom. The van der Waals surface area contributed by atoms with Gasteiger partial charge in [0.05, 0.1) is 10.2 Å². The van der Waals surface area contributed by atoms with E-state index < -0.39 is 0 Å². The van der Waals surface area contributed by atoms with Crippen LogP contribution in [0, 0.1) is 0 Å². The van der Waals surface area contributed by atoms with Gasteiger partial charge in [-0.05, 0) is 35.7 Å². The number of thiazole rings is 1. The molecular formula is C20H12N2O2S. The van der Waals surface area contributed by atoms with Crippen molar-refractivity contribution in [3.05, 3.63) is 65.5 Å². The maximum absolute atomic E-state index is 9.55. The van der Waals surface area contributed by atoms with Crippen molar-refractivity contribution >= 4 is 55.6 Å². The highest BCUT2D eigenvalue weighted by Gasteiger charge is 2.08. The zero-order chi connectivity index (χ0) is 16.8. The number of fused-ring (bicyclic) bond motifs is 4. The number of rotatable bonds is 2. The van der Waals surface area contributed by atoms with Crippen LogP contribution in [0.25, 0.3) is 44.2 Å². The summed E-state index contributed by atoms with van der Waals surface area (Å²) in [5.41, 5.74) is 2.51. The van der Waals surface area contributed by atoms with Crippen LogP contribution in [0.5, 0.6) is 5.75 Å². The summed E-state index contributed by atoms with van der Waals surface area (Å²) in [5, 5.41) is 12.6. The van der Waals surface area contributed by atoms with Crippen LogP contribution in [0.3, 0.4) is 0 Å². The molecule has 0 saturated heterocycles. The molecule has 5 rings (SSSR count). The standard InChI is InChI=1S/C20H12N2O2S/c23-13-6-8-15-17(11-13)25-19(22-15)10-9-18-21-16-7-5-12-3-1-2-4-14(12)20(16)24-18/h1-11,23H. The molecule has 0 fully saturated rings. The molecule has 0 atom stereocenters. The number of hydrogen-bond donors (Lipinski definition) is 1. The molecule has 0 aliphatic carbocycles. The van der Waals surface area contributed by atoms with Gasteiger partial charge < -0.3 is 9.52 Å². The number of phenolic OH excluding ortho intramolecular Hbond substituents is 1. The molecule has 0 spiro atoms. The predicted molar refractivity (Wildman–Crippen MR) is 102 cm³/mol. The van der Waals surface area contributed by atoms with Gasteiger partial charge in [0.25, 0.3) is 0 Å². The molecule has 1 N–H and O–H groups in total. The summed E-state index contributed by atoms with van der Waals surface area (Å²) in [5.74, 6) is 0.797. The van der Waals surface area contributed by atoms with Crippen LogP contribution in [0.15, 0.2) is 59.0 Å². The maximum atomic E-state index is 9.55. The summed E-state index contributed by atoms with van der Waals surface area (Å²) in [6.45, 7) is 0. The lowest BCUT2D eigenvalue weighted by Gasteiger charge is -1.95. The zero-order valence-electron chi connectivity index (χ0n) is 13.0. The van der Waals surface area contributed by atoms with Crippen LogP contribution in [-0.2, 0) is 0 Å². The van der Waals surface area contributed by atoms with Crippen molar-refractivity contribution in [2.75, 3.05) is 0 Å². The largest absolute Gasteiger partial charge is 0.508 e. The molecule has 120 valence electrons. The van der Waals surface area contributed by atoms with E-state index in [0.717, 1.165) is 37.1 Å². The van der Waals surface area contributed by atoms with Crippen LogP contribution < -0.4 is 0 Å². The maximum Gasteiger partial charge on any atom is 0.220 e. The third kappa shape index (κ3) is 2.45. The van der Waals surface area contributed by atoms with E-state index in [-0.39, 0.29) is 5.75 Å². The van der Waals surface area contributed by atoms with E-state index in [1.807, 2.05) is 48.6 Å². The van der Waals surface area contributed by atoms with Gasteiger partial charge >= 0.3 is 0 Å². The first-order chi connectivity index (χ1) is 12.3. The monoisotopic (exact) mass is 344 g/mol. The molecule has 0 aliphatic rings. The van der Waals surface area contributed by atoms with Gasteiger partial charge in [0, 0.05) is 11.5 Å². The van der Waals surface area contributed by atoms with Crippen LogP contribution in [0.1, 0.15) is 10.9 Å². The second-order valence-corrected chi connectivity index (χ2v) is 6.79. The van der Waals surface area contributed by atoms with E-state index in [0.29, 0.717) is 5.89 Å². The highest BCUT2D eigenvalue weighted by Crippen LogP contribution is 2.28. The van der Waals surface area contributed by atoms with Gasteiger partial charge in [-0.1, -0.05) is 30.3 Å². The lowest BCUT2D eigenvalue weighted by molar-refractivity contribution is 0.476. The number of oxazole rings is 1. The summed E-state index contributed by atoms with van der Waals surface area (Å²) in [6, 6.07) is 17.3. The molecule has 2 heterocycles. The molecule has 25 heavy (non-hydrogen) atoms. The van der Waals surface area contributed by atoms with Gasteiger partial charge in [-0.25, -0.2) is 9.97 Å². The summed E-state index contributed by atoms with van der Waals surface area (Å²) in [7, 11) is 0. The summed E-state index contributed by atoms with van der Waals surface area (Å²) in [6.07, 6.45) is 3.71. The highest BCUT2D eigenvalue weighted by atomic mass is 32.1. The second kappa shape index (κ2) is 5.43. The lowest BCUT2D eigenvalue weighted by Crippen LogP contribution is -1.73. The SMILES string of the molecule is Oc1ccc2nc(C=Cc3nc4ccc5ccccc5c4o3)sc2c1. The summed E-state index contributed by atoms with van der Waals surface area (Å²) < 4.78 is 6.88. The van der Waals surface area contributed by atoms with Gasteiger partial charge in [0.15, 0.2) is 5.58 Å². The minimum atomic E-state index is 0.248. The topological polar surface area (TPSA) is 59.2 Å². The van der Waals surface area contributed by atoms with Crippen LogP contribution in [0.4, 0.5) is 0 Å². The average molecular weight is 344 g/mol. The normalized spacial score (nSPS) is 12.0. The molecule has 5 heteroatoms. The van der Waals surface area contributed by atoms with Crippen LogP contribution in [-0.4, -0.2) is 15.1 Å². The number of aromatic hydroxyl groups is 1. The number of phenols is 1. The molecule has 3 aromatic carbocycles. The van der Waals surface area contributed by atoms with Gasteiger partial charge in [0.1, 0.15) is 16.3 Å². The fraction of sp³-hybridized carbons (Fsp3) is 0. The fourth-order valence-corrected chi connectivity index (χ4v) is 3.79. The number of hydrogen-bond acceptors (Lipinski definition) is 5. The molecule has 0 radical (unpaired) electrons. The first kappa shape index (κ1) is 14.2. The van der Waals surface area contributed by atoms with Crippen molar-refractivity contribution in [3.63, 3.8) is 0 Å². The average Bonchev–Trinajstić information content (AvgIpc) is 3.22. The number of aromatic nitrogens is 2. The van der Waals surface area contributed by atoms with Gasteiger partial charge in [0.2, 0.25) is 5.89 Å².